The van der Waals surface area contributed by atoms with Gasteiger partial charge in [-0.1, -0.05) is 17.7 Å². The molecule has 78 valence electrons. The minimum Gasteiger partial charge on any atom is -0.255 e. The molecule has 2 aromatic rings. The lowest BCUT2D eigenvalue weighted by Gasteiger charge is -2.08. The third kappa shape index (κ3) is 1.90. The van der Waals surface area contributed by atoms with Crippen molar-refractivity contribution in [1.29, 1.82) is 0 Å². The lowest BCUT2D eigenvalue weighted by molar-refractivity contribution is -0.137. The Kier molecular flexibility index (Phi) is 2.31. The summed E-state index contributed by atoms with van der Waals surface area (Å²) in [5.74, 6) is 0. The van der Waals surface area contributed by atoms with Crippen molar-refractivity contribution in [1.82, 2.24) is 4.98 Å². The monoisotopic (exact) mass is 231 g/mol. The summed E-state index contributed by atoms with van der Waals surface area (Å²) < 4.78 is 37.3. The summed E-state index contributed by atoms with van der Waals surface area (Å²) in [5.41, 5.74) is -0.375. The van der Waals surface area contributed by atoms with E-state index in [2.05, 4.69) is 4.98 Å². The maximum atomic E-state index is 12.4. The van der Waals surface area contributed by atoms with Crippen molar-refractivity contribution in [3.05, 3.63) is 41.0 Å². The average molecular weight is 232 g/mol. The minimum atomic E-state index is -4.38. The molecule has 0 atom stereocenters. The summed E-state index contributed by atoms with van der Waals surface area (Å²) in [7, 11) is 0. The van der Waals surface area contributed by atoms with Crippen molar-refractivity contribution in [3.8, 4) is 0 Å². The van der Waals surface area contributed by atoms with Gasteiger partial charge >= 0.3 is 6.18 Å². The topological polar surface area (TPSA) is 12.9 Å². The maximum Gasteiger partial charge on any atom is 0.416 e. The highest BCUT2D eigenvalue weighted by Gasteiger charge is 2.31. The molecule has 0 amide bonds. The first-order chi connectivity index (χ1) is 6.98. The van der Waals surface area contributed by atoms with Crippen LogP contribution in [0.3, 0.4) is 0 Å². The molecule has 1 aromatic heterocycles. The number of aromatic nitrogens is 1. The van der Waals surface area contributed by atoms with Gasteiger partial charge in [0.2, 0.25) is 0 Å². The van der Waals surface area contributed by atoms with Gasteiger partial charge in [0.05, 0.1) is 16.1 Å². The van der Waals surface area contributed by atoms with E-state index < -0.39 is 11.7 Å². The van der Waals surface area contributed by atoms with Gasteiger partial charge in [0.1, 0.15) is 0 Å². The number of nitrogens with zero attached hydrogens (tertiary/aromatic N) is 1. The van der Waals surface area contributed by atoms with E-state index >= 15 is 0 Å². The van der Waals surface area contributed by atoms with Crippen LogP contribution in [0.15, 0.2) is 30.5 Å². The standard InChI is InChI=1S/C10H5ClF3N/c11-8-5-7(10(12,13)14)4-6-2-1-3-15-9(6)8/h1-5H. The van der Waals surface area contributed by atoms with Crippen LogP contribution in [0.2, 0.25) is 5.02 Å². The van der Waals surface area contributed by atoms with Crippen LogP contribution in [0.4, 0.5) is 13.2 Å². The molecule has 0 N–H and O–H groups in total. The molecular formula is C10H5ClF3N. The predicted molar refractivity (Wildman–Crippen MR) is 51.8 cm³/mol. The van der Waals surface area contributed by atoms with Crippen LogP contribution in [-0.4, -0.2) is 4.98 Å². The number of rotatable bonds is 0. The molecule has 1 aromatic carbocycles. The highest BCUT2D eigenvalue weighted by molar-refractivity contribution is 6.35. The van der Waals surface area contributed by atoms with Crippen LogP contribution in [0.5, 0.6) is 0 Å². The van der Waals surface area contributed by atoms with Gasteiger partial charge < -0.3 is 0 Å². The van der Waals surface area contributed by atoms with Gasteiger partial charge in [0, 0.05) is 11.6 Å². The van der Waals surface area contributed by atoms with Gasteiger partial charge in [-0.05, 0) is 18.2 Å². The fourth-order valence-electron chi connectivity index (χ4n) is 1.31. The molecule has 0 saturated carbocycles. The molecule has 0 bridgehead atoms. The number of hydrogen-bond acceptors (Lipinski definition) is 1. The van der Waals surface area contributed by atoms with Crippen molar-refractivity contribution >= 4 is 22.5 Å². The summed E-state index contributed by atoms with van der Waals surface area (Å²) in [6.45, 7) is 0. The molecule has 0 saturated heterocycles. The molecule has 15 heavy (non-hydrogen) atoms. The van der Waals surface area contributed by atoms with Gasteiger partial charge in [-0.3, -0.25) is 4.98 Å². The third-order valence-electron chi connectivity index (χ3n) is 1.99. The first-order valence-electron chi connectivity index (χ1n) is 4.10. The minimum absolute atomic E-state index is 0.0143. The summed E-state index contributed by atoms with van der Waals surface area (Å²) in [5, 5.41) is 0.401. The first kappa shape index (κ1) is 10.2. The van der Waals surface area contributed by atoms with Crippen LogP contribution in [0.25, 0.3) is 10.9 Å². The SMILES string of the molecule is FC(F)(F)c1cc(Cl)c2ncccc2c1. The molecule has 1 nitrogen and oxygen atoms in total. The van der Waals surface area contributed by atoms with Crippen molar-refractivity contribution in [2.45, 2.75) is 6.18 Å². The zero-order chi connectivity index (χ0) is 11.1. The smallest absolute Gasteiger partial charge is 0.255 e. The largest absolute Gasteiger partial charge is 0.416 e. The van der Waals surface area contributed by atoms with Crippen molar-refractivity contribution in [3.63, 3.8) is 0 Å². The average Bonchev–Trinajstić information content (AvgIpc) is 2.16. The quantitative estimate of drug-likeness (QED) is 0.670. The Bertz CT molecular complexity index is 507. The lowest BCUT2D eigenvalue weighted by Crippen LogP contribution is -2.04. The molecule has 0 radical (unpaired) electrons. The maximum absolute atomic E-state index is 12.4. The zero-order valence-corrected chi connectivity index (χ0v) is 8.10. The van der Waals surface area contributed by atoms with Crippen LogP contribution >= 0.6 is 11.6 Å². The van der Waals surface area contributed by atoms with Crippen molar-refractivity contribution in [2.24, 2.45) is 0 Å². The normalized spacial score (nSPS) is 12.0. The Morgan fingerprint density at radius 3 is 2.60 bits per heavy atom. The molecule has 0 aliphatic rings. The van der Waals surface area contributed by atoms with E-state index in [1.54, 1.807) is 12.1 Å². The zero-order valence-electron chi connectivity index (χ0n) is 7.35. The number of hydrogen-bond donors (Lipinski definition) is 0. The van der Waals surface area contributed by atoms with Crippen LogP contribution < -0.4 is 0 Å². The summed E-state index contributed by atoms with van der Waals surface area (Å²) in [6.07, 6.45) is -2.89. The molecule has 0 unspecified atom stereocenters. The Hall–Kier alpha value is -1.29. The Morgan fingerprint density at radius 1 is 1.20 bits per heavy atom. The Morgan fingerprint density at radius 2 is 1.93 bits per heavy atom. The van der Waals surface area contributed by atoms with E-state index in [-0.39, 0.29) is 5.02 Å². The highest BCUT2D eigenvalue weighted by atomic mass is 35.5. The van der Waals surface area contributed by atoms with Crippen LogP contribution in [0, 0.1) is 0 Å². The molecule has 0 fully saturated rings. The van der Waals surface area contributed by atoms with E-state index in [1.165, 1.54) is 6.20 Å². The van der Waals surface area contributed by atoms with Gasteiger partial charge in [-0.2, -0.15) is 13.2 Å². The molecular weight excluding hydrogens is 227 g/mol. The summed E-state index contributed by atoms with van der Waals surface area (Å²) in [4.78, 5) is 3.90. The van der Waals surface area contributed by atoms with Gasteiger partial charge in [-0.25, -0.2) is 0 Å². The van der Waals surface area contributed by atoms with E-state index in [0.717, 1.165) is 12.1 Å². The fourth-order valence-corrected chi connectivity index (χ4v) is 1.59. The van der Waals surface area contributed by atoms with E-state index in [9.17, 15) is 13.2 Å². The number of alkyl halides is 3. The Balaban J connectivity index is 2.73. The molecule has 0 spiro atoms. The molecule has 5 heteroatoms. The Labute approximate surface area is 88.5 Å². The molecule has 1 heterocycles. The number of pyridine rings is 1. The summed E-state index contributed by atoms with van der Waals surface area (Å²) >= 11 is 5.71. The van der Waals surface area contributed by atoms with Crippen molar-refractivity contribution in [2.75, 3.05) is 0 Å². The van der Waals surface area contributed by atoms with Crippen LogP contribution in [0.1, 0.15) is 5.56 Å². The number of benzene rings is 1. The van der Waals surface area contributed by atoms with Gasteiger partial charge in [0.25, 0.3) is 0 Å². The first-order valence-corrected chi connectivity index (χ1v) is 4.48. The van der Waals surface area contributed by atoms with Crippen LogP contribution in [-0.2, 0) is 6.18 Å². The highest BCUT2D eigenvalue weighted by Crippen LogP contribution is 2.34. The summed E-state index contributed by atoms with van der Waals surface area (Å²) in [6, 6.07) is 5.04. The fraction of sp³-hybridized carbons (Fsp3) is 0.100. The second kappa shape index (κ2) is 3.38. The number of fused-ring (bicyclic) bond motifs is 1. The lowest BCUT2D eigenvalue weighted by atomic mass is 10.1. The predicted octanol–water partition coefficient (Wildman–Crippen LogP) is 3.91. The third-order valence-corrected chi connectivity index (χ3v) is 2.27. The van der Waals surface area contributed by atoms with E-state index in [0.29, 0.717) is 10.9 Å². The molecule has 0 aliphatic carbocycles. The van der Waals surface area contributed by atoms with E-state index in [1.807, 2.05) is 0 Å². The van der Waals surface area contributed by atoms with Gasteiger partial charge in [0.15, 0.2) is 0 Å². The second-order valence-corrected chi connectivity index (χ2v) is 3.44. The van der Waals surface area contributed by atoms with Gasteiger partial charge in [-0.15, -0.1) is 0 Å². The van der Waals surface area contributed by atoms with E-state index in [4.69, 9.17) is 11.6 Å². The molecule has 2 rings (SSSR count). The number of halogens is 4. The van der Waals surface area contributed by atoms with Crippen molar-refractivity contribution < 1.29 is 13.2 Å². The molecule has 0 aliphatic heterocycles. The second-order valence-electron chi connectivity index (χ2n) is 3.03.